The van der Waals surface area contributed by atoms with Crippen molar-refractivity contribution in [2.45, 2.75) is 31.9 Å². The Morgan fingerprint density at radius 3 is 3.12 bits per heavy atom. The highest BCUT2D eigenvalue weighted by atomic mass is 32.2. The summed E-state index contributed by atoms with van der Waals surface area (Å²) in [6, 6.07) is 4.58. The maximum Gasteiger partial charge on any atom is 0.127 e. The molecule has 0 saturated heterocycles. The van der Waals surface area contributed by atoms with E-state index in [0.717, 1.165) is 29.9 Å². The predicted octanol–water partition coefficient (Wildman–Crippen LogP) is 3.12. The van der Waals surface area contributed by atoms with Gasteiger partial charge in [0.05, 0.1) is 0 Å². The molecule has 1 heterocycles. The average Bonchev–Trinajstić information content (AvgIpc) is 2.28. The van der Waals surface area contributed by atoms with Crippen molar-refractivity contribution in [3.63, 3.8) is 0 Å². The minimum Gasteiger partial charge on any atom is -0.490 e. The fraction of sp³-hybridized carbons (Fsp3) is 0.538. The summed E-state index contributed by atoms with van der Waals surface area (Å²) < 4.78 is 18.9. The second-order valence-corrected chi connectivity index (χ2v) is 5.64. The van der Waals surface area contributed by atoms with Crippen molar-refractivity contribution < 1.29 is 9.13 Å². The molecule has 2 N–H and O–H groups in total. The summed E-state index contributed by atoms with van der Waals surface area (Å²) in [5.74, 6) is 2.54. The third kappa shape index (κ3) is 3.13. The third-order valence-electron chi connectivity index (χ3n) is 2.97. The fourth-order valence-corrected chi connectivity index (χ4v) is 2.81. The van der Waals surface area contributed by atoms with Crippen LogP contribution in [0.5, 0.6) is 5.75 Å². The van der Waals surface area contributed by atoms with Crippen LogP contribution in [0, 0.1) is 5.82 Å². The molecule has 4 heteroatoms. The maximum atomic E-state index is 13.1. The lowest BCUT2D eigenvalue weighted by Crippen LogP contribution is -2.30. The van der Waals surface area contributed by atoms with Gasteiger partial charge in [0.25, 0.3) is 0 Å². The molecule has 1 aromatic carbocycles. The topological polar surface area (TPSA) is 35.2 Å². The summed E-state index contributed by atoms with van der Waals surface area (Å²) in [7, 11) is 0. The second kappa shape index (κ2) is 5.74. The van der Waals surface area contributed by atoms with E-state index in [1.165, 1.54) is 12.1 Å². The van der Waals surface area contributed by atoms with Crippen LogP contribution in [-0.4, -0.2) is 17.6 Å². The lowest BCUT2D eigenvalue weighted by Gasteiger charge is -2.30. The maximum absolute atomic E-state index is 13.1. The van der Waals surface area contributed by atoms with E-state index in [-0.39, 0.29) is 18.0 Å². The zero-order valence-corrected chi connectivity index (χ0v) is 10.8. The zero-order valence-electron chi connectivity index (χ0n) is 9.99. The van der Waals surface area contributed by atoms with Crippen LogP contribution in [0.4, 0.5) is 4.39 Å². The number of hydrogen-bond acceptors (Lipinski definition) is 3. The van der Waals surface area contributed by atoms with Crippen molar-refractivity contribution in [2.75, 3.05) is 11.5 Å². The Hall–Kier alpha value is -0.740. The molecule has 17 heavy (non-hydrogen) atoms. The number of hydrogen-bond donors (Lipinski definition) is 1. The highest BCUT2D eigenvalue weighted by Crippen LogP contribution is 2.34. The molecule has 2 rings (SSSR count). The SMILES string of the molecule is CCSCCC1C[C@H](N)c2ccc(F)cc2O1. The lowest BCUT2D eigenvalue weighted by atomic mass is 9.96. The van der Waals surface area contributed by atoms with Gasteiger partial charge in [-0.3, -0.25) is 0 Å². The van der Waals surface area contributed by atoms with Crippen LogP contribution >= 0.6 is 11.8 Å². The molecular formula is C13H18FNOS. The van der Waals surface area contributed by atoms with E-state index in [4.69, 9.17) is 10.5 Å². The molecule has 0 spiro atoms. The first-order chi connectivity index (χ1) is 8.20. The van der Waals surface area contributed by atoms with E-state index in [1.54, 1.807) is 6.07 Å². The van der Waals surface area contributed by atoms with Crippen LogP contribution in [-0.2, 0) is 0 Å². The Morgan fingerprint density at radius 1 is 1.53 bits per heavy atom. The van der Waals surface area contributed by atoms with Gasteiger partial charge in [0.15, 0.2) is 0 Å². The molecule has 1 aliphatic rings. The molecule has 0 aromatic heterocycles. The second-order valence-electron chi connectivity index (χ2n) is 4.25. The van der Waals surface area contributed by atoms with E-state index >= 15 is 0 Å². The van der Waals surface area contributed by atoms with Gasteiger partial charge in [-0.1, -0.05) is 13.0 Å². The van der Waals surface area contributed by atoms with Gasteiger partial charge in [0.2, 0.25) is 0 Å². The number of benzene rings is 1. The molecule has 2 atom stereocenters. The van der Waals surface area contributed by atoms with Crippen LogP contribution in [0.3, 0.4) is 0 Å². The van der Waals surface area contributed by atoms with Crippen molar-refractivity contribution >= 4 is 11.8 Å². The molecule has 94 valence electrons. The molecule has 1 aromatic rings. The molecule has 0 radical (unpaired) electrons. The first kappa shape index (κ1) is 12.7. The molecule has 0 fully saturated rings. The van der Waals surface area contributed by atoms with Crippen LogP contribution < -0.4 is 10.5 Å². The molecule has 0 aliphatic carbocycles. The summed E-state index contributed by atoms with van der Waals surface area (Å²) >= 11 is 1.89. The quantitative estimate of drug-likeness (QED) is 0.840. The zero-order chi connectivity index (χ0) is 12.3. The largest absolute Gasteiger partial charge is 0.490 e. The van der Waals surface area contributed by atoms with Crippen molar-refractivity contribution in [3.8, 4) is 5.75 Å². The first-order valence-electron chi connectivity index (χ1n) is 6.00. The Balaban J connectivity index is 2.04. The number of fused-ring (bicyclic) bond motifs is 1. The molecular weight excluding hydrogens is 237 g/mol. The molecule has 0 bridgehead atoms. The normalized spacial score (nSPS) is 23.0. The van der Waals surface area contributed by atoms with Crippen LogP contribution in [0.15, 0.2) is 18.2 Å². The minimum absolute atomic E-state index is 0.0315. The van der Waals surface area contributed by atoms with Crippen LogP contribution in [0.2, 0.25) is 0 Å². The lowest BCUT2D eigenvalue weighted by molar-refractivity contribution is 0.155. The monoisotopic (exact) mass is 255 g/mol. The molecule has 0 amide bonds. The fourth-order valence-electron chi connectivity index (χ4n) is 2.09. The number of rotatable bonds is 4. The summed E-state index contributed by atoms with van der Waals surface area (Å²) in [5, 5.41) is 0. The van der Waals surface area contributed by atoms with E-state index in [0.29, 0.717) is 5.75 Å². The van der Waals surface area contributed by atoms with Gasteiger partial charge in [-0.15, -0.1) is 0 Å². The van der Waals surface area contributed by atoms with Crippen molar-refractivity contribution in [1.82, 2.24) is 0 Å². The Labute approximate surface area is 106 Å². The summed E-state index contributed by atoms with van der Waals surface area (Å²) in [6.45, 7) is 2.14. The molecule has 0 saturated carbocycles. The third-order valence-corrected chi connectivity index (χ3v) is 3.91. The smallest absolute Gasteiger partial charge is 0.127 e. The number of halogens is 1. The molecule has 1 aliphatic heterocycles. The Morgan fingerprint density at radius 2 is 2.35 bits per heavy atom. The van der Waals surface area contributed by atoms with E-state index < -0.39 is 0 Å². The van der Waals surface area contributed by atoms with Gasteiger partial charge < -0.3 is 10.5 Å². The van der Waals surface area contributed by atoms with E-state index in [2.05, 4.69) is 6.92 Å². The van der Waals surface area contributed by atoms with Crippen molar-refractivity contribution in [2.24, 2.45) is 5.73 Å². The minimum atomic E-state index is -0.264. The van der Waals surface area contributed by atoms with Gasteiger partial charge in [-0.25, -0.2) is 4.39 Å². The van der Waals surface area contributed by atoms with Crippen molar-refractivity contribution in [1.29, 1.82) is 0 Å². The number of nitrogens with two attached hydrogens (primary N) is 1. The van der Waals surface area contributed by atoms with Crippen LogP contribution in [0.1, 0.15) is 31.4 Å². The van der Waals surface area contributed by atoms with Gasteiger partial charge in [-0.2, -0.15) is 11.8 Å². The summed E-state index contributed by atoms with van der Waals surface area (Å²) in [6.07, 6.45) is 1.92. The van der Waals surface area contributed by atoms with Crippen molar-refractivity contribution in [3.05, 3.63) is 29.6 Å². The van der Waals surface area contributed by atoms with Crippen LogP contribution in [0.25, 0.3) is 0 Å². The highest BCUT2D eigenvalue weighted by molar-refractivity contribution is 7.99. The van der Waals surface area contributed by atoms with Gasteiger partial charge in [0.1, 0.15) is 17.7 Å². The summed E-state index contributed by atoms with van der Waals surface area (Å²) in [5.41, 5.74) is 7.00. The Kier molecular flexibility index (Phi) is 4.29. The predicted molar refractivity (Wildman–Crippen MR) is 70.0 cm³/mol. The molecule has 2 nitrogen and oxygen atoms in total. The molecule has 1 unspecified atom stereocenters. The Bertz CT molecular complexity index is 386. The highest BCUT2D eigenvalue weighted by Gasteiger charge is 2.25. The van der Waals surface area contributed by atoms with E-state index in [1.807, 2.05) is 11.8 Å². The van der Waals surface area contributed by atoms with Gasteiger partial charge in [-0.05, 0) is 24.0 Å². The van der Waals surface area contributed by atoms with E-state index in [9.17, 15) is 4.39 Å². The van der Waals surface area contributed by atoms with Gasteiger partial charge >= 0.3 is 0 Å². The van der Waals surface area contributed by atoms with Gasteiger partial charge in [0, 0.05) is 24.1 Å². The standard InChI is InChI=1S/C13H18FNOS/c1-2-17-6-5-10-8-12(15)11-4-3-9(14)7-13(11)16-10/h3-4,7,10,12H,2,5-6,8,15H2,1H3/t10?,12-/m0/s1. The number of ether oxygens (including phenoxy) is 1. The average molecular weight is 255 g/mol. The first-order valence-corrected chi connectivity index (χ1v) is 7.15. The summed E-state index contributed by atoms with van der Waals surface area (Å²) in [4.78, 5) is 0. The number of thioether (sulfide) groups is 1.